The maximum absolute atomic E-state index is 12.6. The lowest BCUT2D eigenvalue weighted by Gasteiger charge is -2.22. The molecule has 0 radical (unpaired) electrons. The number of hydrazone groups is 1. The van der Waals surface area contributed by atoms with Gasteiger partial charge in [-0.2, -0.15) is 13.9 Å². The summed E-state index contributed by atoms with van der Waals surface area (Å²) in [5.74, 6) is 0.0609. The predicted molar refractivity (Wildman–Crippen MR) is 110 cm³/mol. The van der Waals surface area contributed by atoms with Crippen LogP contribution in [0.4, 0.5) is 8.78 Å². The summed E-state index contributed by atoms with van der Waals surface area (Å²) < 4.78 is 29.7. The molecular weight excluding hydrogens is 385 g/mol. The summed E-state index contributed by atoms with van der Waals surface area (Å²) in [6.07, 6.45) is -0.958. The Labute approximate surface area is 161 Å². The van der Waals surface area contributed by atoms with Crippen molar-refractivity contribution in [2.75, 3.05) is 0 Å². The van der Waals surface area contributed by atoms with Crippen LogP contribution in [0.15, 0.2) is 90.0 Å². The molecule has 138 valence electrons. The van der Waals surface area contributed by atoms with Gasteiger partial charge in [0.15, 0.2) is 0 Å². The van der Waals surface area contributed by atoms with Gasteiger partial charge in [-0.25, -0.2) is 0 Å². The lowest BCUT2D eigenvalue weighted by atomic mass is 10.2. The van der Waals surface area contributed by atoms with Gasteiger partial charge in [0, 0.05) is 16.2 Å². The minimum Gasteiger partial charge on any atom is -0.434 e. The van der Waals surface area contributed by atoms with Crippen molar-refractivity contribution in [3.8, 4) is 5.75 Å². The first-order valence-corrected chi connectivity index (χ1v) is 11.0. The average molecular weight is 402 g/mol. The third-order valence-electron chi connectivity index (χ3n) is 3.78. The summed E-state index contributed by atoms with van der Waals surface area (Å²) >= 11 is 5.99. The highest BCUT2D eigenvalue weighted by atomic mass is 32.4. The maximum atomic E-state index is 12.6. The molecule has 3 rings (SSSR count). The normalized spacial score (nSPS) is 11.7. The number of halogens is 2. The zero-order valence-corrected chi connectivity index (χ0v) is 15.9. The van der Waals surface area contributed by atoms with Crippen molar-refractivity contribution in [1.82, 2.24) is 5.20 Å². The fourth-order valence-electron chi connectivity index (χ4n) is 2.51. The summed E-state index contributed by atoms with van der Waals surface area (Å²) in [7, 11) is 0. The molecule has 0 aliphatic heterocycles. The molecule has 3 aromatic rings. The molecule has 0 fully saturated rings. The van der Waals surface area contributed by atoms with E-state index in [0.29, 0.717) is 5.56 Å². The van der Waals surface area contributed by atoms with Crippen LogP contribution in [-0.2, 0) is 11.8 Å². The molecule has 3 aromatic carbocycles. The number of ether oxygens (including phenoxy) is 1. The van der Waals surface area contributed by atoms with Gasteiger partial charge in [0.2, 0.25) is 0 Å². The largest absolute Gasteiger partial charge is 0.434 e. The Morgan fingerprint density at radius 2 is 1.37 bits per heavy atom. The van der Waals surface area contributed by atoms with Crippen molar-refractivity contribution in [3.63, 3.8) is 0 Å². The van der Waals surface area contributed by atoms with Gasteiger partial charge in [-0.15, -0.1) is 0 Å². The van der Waals surface area contributed by atoms with Crippen molar-refractivity contribution < 1.29 is 13.5 Å². The molecule has 0 spiro atoms. The van der Waals surface area contributed by atoms with Gasteiger partial charge in [-0.1, -0.05) is 84.6 Å². The van der Waals surface area contributed by atoms with E-state index in [4.69, 9.17) is 11.8 Å². The molecule has 0 unspecified atom stereocenters. The summed E-state index contributed by atoms with van der Waals surface area (Å²) in [6, 6.07) is 25.9. The van der Waals surface area contributed by atoms with Gasteiger partial charge in [0.05, 0.1) is 6.21 Å². The van der Waals surface area contributed by atoms with Crippen LogP contribution >= 0.6 is 6.19 Å². The SMILES string of the molecule is FC(F)Oc1ccccc1/C=N/NP(=S)(c1ccccc1)c1ccccc1. The van der Waals surface area contributed by atoms with Crippen molar-refractivity contribution in [2.45, 2.75) is 6.61 Å². The monoisotopic (exact) mass is 402 g/mol. The van der Waals surface area contributed by atoms with Gasteiger partial charge >= 0.3 is 6.61 Å². The second-order valence-electron chi connectivity index (χ2n) is 5.55. The van der Waals surface area contributed by atoms with E-state index in [1.165, 1.54) is 12.3 Å². The second kappa shape index (κ2) is 8.89. The van der Waals surface area contributed by atoms with Crippen LogP contribution in [0.25, 0.3) is 0 Å². The number of nitrogens with one attached hydrogen (secondary N) is 1. The zero-order valence-electron chi connectivity index (χ0n) is 14.2. The van der Waals surface area contributed by atoms with Crippen molar-refractivity contribution in [2.24, 2.45) is 5.10 Å². The lowest BCUT2D eigenvalue weighted by Crippen LogP contribution is -2.24. The van der Waals surface area contributed by atoms with Gasteiger partial charge in [-0.3, -0.25) is 5.20 Å². The molecule has 1 N–H and O–H groups in total. The molecule has 0 saturated carbocycles. The first-order chi connectivity index (χ1) is 13.1. The Morgan fingerprint density at radius 3 is 1.93 bits per heavy atom. The van der Waals surface area contributed by atoms with Crippen LogP contribution in [0.2, 0.25) is 0 Å². The molecule has 0 aliphatic rings. The van der Waals surface area contributed by atoms with E-state index >= 15 is 0 Å². The quantitative estimate of drug-likeness (QED) is 0.364. The van der Waals surface area contributed by atoms with E-state index in [1.807, 2.05) is 60.7 Å². The highest BCUT2D eigenvalue weighted by molar-refractivity contribution is 8.20. The van der Waals surface area contributed by atoms with E-state index < -0.39 is 12.8 Å². The van der Waals surface area contributed by atoms with E-state index in [9.17, 15) is 8.78 Å². The first-order valence-electron chi connectivity index (χ1n) is 8.15. The van der Waals surface area contributed by atoms with Gasteiger partial charge in [-0.05, 0) is 12.1 Å². The molecule has 0 atom stereocenters. The van der Waals surface area contributed by atoms with E-state index in [2.05, 4.69) is 15.0 Å². The molecular formula is C20H17F2N2OPS. The van der Waals surface area contributed by atoms with Crippen LogP contribution < -0.4 is 20.5 Å². The van der Waals surface area contributed by atoms with Crippen LogP contribution in [0, 0.1) is 0 Å². The Bertz CT molecular complexity index is 909. The molecule has 0 amide bonds. The Balaban J connectivity index is 1.91. The summed E-state index contributed by atoms with van der Waals surface area (Å²) in [5.41, 5.74) is 0.438. The summed E-state index contributed by atoms with van der Waals surface area (Å²) in [5, 5.41) is 9.31. The molecule has 0 bridgehead atoms. The first kappa shape index (κ1) is 19.2. The average Bonchev–Trinajstić information content (AvgIpc) is 2.70. The topological polar surface area (TPSA) is 33.6 Å². The maximum Gasteiger partial charge on any atom is 0.387 e. The van der Waals surface area contributed by atoms with Crippen molar-refractivity contribution in [1.29, 1.82) is 0 Å². The van der Waals surface area contributed by atoms with Crippen LogP contribution in [-0.4, -0.2) is 12.8 Å². The smallest absolute Gasteiger partial charge is 0.387 e. The van der Waals surface area contributed by atoms with Gasteiger partial charge in [0.1, 0.15) is 11.9 Å². The van der Waals surface area contributed by atoms with Crippen molar-refractivity contribution >= 4 is 34.8 Å². The Kier molecular flexibility index (Phi) is 6.32. The third-order valence-corrected chi connectivity index (χ3v) is 7.73. The minimum absolute atomic E-state index is 0.0609. The summed E-state index contributed by atoms with van der Waals surface area (Å²) in [6.45, 7) is -2.90. The number of hydrogen-bond donors (Lipinski definition) is 1. The molecule has 27 heavy (non-hydrogen) atoms. The molecule has 3 nitrogen and oxygen atoms in total. The highest BCUT2D eigenvalue weighted by Crippen LogP contribution is 2.38. The van der Waals surface area contributed by atoms with Crippen LogP contribution in [0.1, 0.15) is 5.56 Å². The summed E-state index contributed by atoms with van der Waals surface area (Å²) in [4.78, 5) is 0. The van der Waals surface area contributed by atoms with Gasteiger partial charge in [0.25, 0.3) is 0 Å². The molecule has 0 aliphatic carbocycles. The lowest BCUT2D eigenvalue weighted by molar-refractivity contribution is -0.0499. The highest BCUT2D eigenvalue weighted by Gasteiger charge is 2.21. The number of benzene rings is 3. The standard InChI is InChI=1S/C20H17F2N2OPS/c21-20(22)25-19-14-8-7-9-16(19)15-23-24-26(27,17-10-3-1-4-11-17)18-12-5-2-6-13-18/h1-15,20H,(H,24,27)/b23-15+. The second-order valence-corrected chi connectivity index (χ2v) is 9.65. The molecule has 0 saturated heterocycles. The predicted octanol–water partition coefficient (Wildman–Crippen LogP) is 4.26. The van der Waals surface area contributed by atoms with E-state index in [-0.39, 0.29) is 5.75 Å². The van der Waals surface area contributed by atoms with Crippen LogP contribution in [0.5, 0.6) is 5.75 Å². The molecule has 0 aromatic heterocycles. The number of alkyl halides is 2. The minimum atomic E-state index is -2.90. The Morgan fingerprint density at radius 1 is 0.852 bits per heavy atom. The van der Waals surface area contributed by atoms with E-state index in [0.717, 1.165) is 10.6 Å². The molecule has 7 heteroatoms. The fraction of sp³-hybridized carbons (Fsp3) is 0.0500. The van der Waals surface area contributed by atoms with Crippen molar-refractivity contribution in [3.05, 3.63) is 90.5 Å². The van der Waals surface area contributed by atoms with Crippen LogP contribution in [0.3, 0.4) is 0 Å². The number of hydrogen-bond acceptors (Lipinski definition) is 3. The number of nitrogens with zero attached hydrogens (tertiary/aromatic N) is 1. The Hall–Kier alpha value is -2.56. The molecule has 0 heterocycles. The fourth-order valence-corrected chi connectivity index (χ4v) is 5.32. The van der Waals surface area contributed by atoms with E-state index in [1.54, 1.807) is 18.2 Å². The zero-order chi connectivity index (χ0) is 19.1. The number of rotatable bonds is 7. The van der Waals surface area contributed by atoms with Gasteiger partial charge < -0.3 is 4.74 Å². The third kappa shape index (κ3) is 4.79. The number of para-hydroxylation sites is 1.